The summed E-state index contributed by atoms with van der Waals surface area (Å²) in [6.07, 6.45) is 0. The molecule has 6 heteroatoms. The number of alkyl halides is 1. The van der Waals surface area contributed by atoms with Crippen molar-refractivity contribution in [2.75, 3.05) is 14.2 Å². The molecule has 2 aromatic rings. The number of hydrogen-bond donors (Lipinski definition) is 0. The molecule has 0 amide bonds. The number of benzene rings is 1. The van der Waals surface area contributed by atoms with Crippen molar-refractivity contribution >= 4 is 16.8 Å². The van der Waals surface area contributed by atoms with Gasteiger partial charge in [-0.15, -0.1) is 0 Å². The number of carbonyl (C=O) groups is 1. The van der Waals surface area contributed by atoms with Crippen molar-refractivity contribution in [2.45, 2.75) is 34.2 Å². The number of Topliss-reactive ketones (excluding diaryl/α,β-unsaturated/α-hetero) is 1. The maximum Gasteiger partial charge on any atom is 0.170 e. The van der Waals surface area contributed by atoms with Gasteiger partial charge < -0.3 is 9.47 Å². The van der Waals surface area contributed by atoms with E-state index >= 15 is 0 Å². The van der Waals surface area contributed by atoms with E-state index in [2.05, 4.69) is 4.98 Å². The van der Waals surface area contributed by atoms with E-state index in [1.54, 1.807) is 16.7 Å². The Morgan fingerprint density at radius 1 is 1.32 bits per heavy atom. The highest BCUT2D eigenvalue weighted by Gasteiger charge is 2.28. The molecule has 0 spiro atoms. The first kappa shape index (κ1) is 16.4. The lowest BCUT2D eigenvalue weighted by atomic mass is 9.86. The molecule has 0 atom stereocenters. The fourth-order valence-corrected chi connectivity index (χ4v) is 2.38. The van der Waals surface area contributed by atoms with Crippen LogP contribution in [0.2, 0.25) is 0 Å². The van der Waals surface area contributed by atoms with Crippen molar-refractivity contribution in [1.29, 1.82) is 0 Å². The van der Waals surface area contributed by atoms with Crippen LogP contribution in [0, 0.1) is 5.41 Å². The summed E-state index contributed by atoms with van der Waals surface area (Å²) in [6, 6.07) is 3.39. The lowest BCUT2D eigenvalue weighted by Crippen LogP contribution is -2.20. The Labute approximate surface area is 129 Å². The van der Waals surface area contributed by atoms with Gasteiger partial charge in [-0.25, -0.2) is 9.37 Å². The summed E-state index contributed by atoms with van der Waals surface area (Å²) in [5.41, 5.74) is 0.937. The second-order valence-electron chi connectivity index (χ2n) is 6.10. The minimum atomic E-state index is -0.746. The third kappa shape index (κ3) is 2.70. The molecule has 1 aromatic carbocycles. The highest BCUT2D eigenvalue weighted by Crippen LogP contribution is 2.33. The van der Waals surface area contributed by atoms with E-state index < -0.39 is 12.1 Å². The molecule has 0 bridgehead atoms. The van der Waals surface area contributed by atoms with Crippen LogP contribution in [-0.4, -0.2) is 29.6 Å². The minimum absolute atomic E-state index is 0.0485. The van der Waals surface area contributed by atoms with E-state index in [4.69, 9.17) is 9.47 Å². The predicted molar refractivity (Wildman–Crippen MR) is 81.9 cm³/mol. The van der Waals surface area contributed by atoms with Crippen LogP contribution in [0.5, 0.6) is 5.75 Å². The number of methoxy groups -OCH3 is 2. The average molecular weight is 308 g/mol. The molecule has 0 aliphatic heterocycles. The molecule has 0 N–H and O–H groups in total. The van der Waals surface area contributed by atoms with Crippen molar-refractivity contribution < 1.29 is 18.7 Å². The normalized spacial score (nSPS) is 11.9. The third-order valence-corrected chi connectivity index (χ3v) is 3.46. The van der Waals surface area contributed by atoms with E-state index in [9.17, 15) is 9.18 Å². The smallest absolute Gasteiger partial charge is 0.170 e. The Bertz CT molecular complexity index is 701. The molecule has 120 valence electrons. The maximum atomic E-state index is 13.3. The molecule has 0 fully saturated rings. The number of halogens is 1. The van der Waals surface area contributed by atoms with Gasteiger partial charge in [0.1, 0.15) is 36.0 Å². The van der Waals surface area contributed by atoms with Crippen molar-refractivity contribution in [3.8, 4) is 5.75 Å². The zero-order valence-electron chi connectivity index (χ0n) is 13.6. The number of rotatable bonds is 5. The Hall–Kier alpha value is -1.95. The standard InChI is InChI=1S/C16H21FN2O3/c1-16(2,3)15(20)10-6-7-11(22-5)14-13(10)18-12(8-17)19(14)9-21-4/h6-7H,8-9H2,1-5H3. The zero-order valence-corrected chi connectivity index (χ0v) is 13.6. The van der Waals surface area contributed by atoms with Crippen LogP contribution in [0.4, 0.5) is 4.39 Å². The molecule has 22 heavy (non-hydrogen) atoms. The van der Waals surface area contributed by atoms with Crippen molar-refractivity contribution in [2.24, 2.45) is 5.41 Å². The zero-order chi connectivity index (χ0) is 16.5. The molecule has 0 aliphatic rings. The van der Waals surface area contributed by atoms with Crippen LogP contribution in [0.1, 0.15) is 37.0 Å². The number of imidazole rings is 1. The highest BCUT2D eigenvalue weighted by molar-refractivity contribution is 6.09. The fraction of sp³-hybridized carbons (Fsp3) is 0.500. The lowest BCUT2D eigenvalue weighted by Gasteiger charge is -2.17. The number of hydrogen-bond acceptors (Lipinski definition) is 4. The molecule has 0 saturated carbocycles. The second-order valence-corrected chi connectivity index (χ2v) is 6.10. The van der Waals surface area contributed by atoms with Crippen molar-refractivity contribution in [1.82, 2.24) is 9.55 Å². The summed E-state index contributed by atoms with van der Waals surface area (Å²) < 4.78 is 25.3. The quantitative estimate of drug-likeness (QED) is 0.795. The summed E-state index contributed by atoms with van der Waals surface area (Å²) in [5.74, 6) is 0.696. The summed E-state index contributed by atoms with van der Waals surface area (Å²) >= 11 is 0. The van der Waals surface area contributed by atoms with Gasteiger partial charge in [0, 0.05) is 18.1 Å². The van der Waals surface area contributed by atoms with E-state index in [0.29, 0.717) is 22.3 Å². The predicted octanol–water partition coefficient (Wildman–Crippen LogP) is 3.35. The topological polar surface area (TPSA) is 53.4 Å². The molecule has 0 saturated heterocycles. The maximum absolute atomic E-state index is 13.3. The Morgan fingerprint density at radius 3 is 2.50 bits per heavy atom. The summed E-state index contributed by atoms with van der Waals surface area (Å²) in [5, 5.41) is 0. The van der Waals surface area contributed by atoms with Crippen LogP contribution in [-0.2, 0) is 18.1 Å². The SMILES string of the molecule is COCn1c(CF)nc2c(C(=O)C(C)(C)C)ccc(OC)c21. The molecule has 0 radical (unpaired) electrons. The van der Waals surface area contributed by atoms with Crippen LogP contribution < -0.4 is 4.74 Å². The van der Waals surface area contributed by atoms with Crippen LogP contribution in [0.3, 0.4) is 0 Å². The van der Waals surface area contributed by atoms with E-state index in [1.165, 1.54) is 14.2 Å². The third-order valence-electron chi connectivity index (χ3n) is 3.46. The largest absolute Gasteiger partial charge is 0.494 e. The molecule has 1 aromatic heterocycles. The lowest BCUT2D eigenvalue weighted by molar-refractivity contribution is 0.0860. The van der Waals surface area contributed by atoms with E-state index in [1.807, 2.05) is 20.8 Å². The van der Waals surface area contributed by atoms with Crippen LogP contribution in [0.25, 0.3) is 11.0 Å². The second kappa shape index (κ2) is 6.04. The van der Waals surface area contributed by atoms with Gasteiger partial charge >= 0.3 is 0 Å². The molecular weight excluding hydrogens is 287 g/mol. The van der Waals surface area contributed by atoms with Crippen molar-refractivity contribution in [3.63, 3.8) is 0 Å². The van der Waals surface area contributed by atoms with Gasteiger partial charge in [0.15, 0.2) is 5.78 Å². The van der Waals surface area contributed by atoms with Gasteiger partial charge in [0.2, 0.25) is 0 Å². The first-order valence-corrected chi connectivity index (χ1v) is 7.01. The highest BCUT2D eigenvalue weighted by atomic mass is 19.1. The summed E-state index contributed by atoms with van der Waals surface area (Å²) in [7, 11) is 3.05. The molecule has 0 aliphatic carbocycles. The van der Waals surface area contributed by atoms with Gasteiger partial charge in [-0.3, -0.25) is 9.36 Å². The van der Waals surface area contributed by atoms with Crippen LogP contribution in [0.15, 0.2) is 12.1 Å². The summed E-state index contributed by atoms with van der Waals surface area (Å²) in [4.78, 5) is 16.9. The number of ketones is 1. The molecule has 0 unspecified atom stereocenters. The van der Waals surface area contributed by atoms with Gasteiger partial charge in [-0.1, -0.05) is 20.8 Å². The first-order chi connectivity index (χ1) is 10.3. The minimum Gasteiger partial charge on any atom is -0.494 e. The van der Waals surface area contributed by atoms with Gasteiger partial charge in [-0.2, -0.15) is 0 Å². The molecule has 1 heterocycles. The van der Waals surface area contributed by atoms with Gasteiger partial charge in [-0.05, 0) is 12.1 Å². The van der Waals surface area contributed by atoms with Gasteiger partial charge in [0.05, 0.1) is 7.11 Å². The average Bonchev–Trinajstić information content (AvgIpc) is 2.84. The number of nitrogens with zero attached hydrogens (tertiary/aromatic N) is 2. The number of ether oxygens (including phenoxy) is 2. The van der Waals surface area contributed by atoms with E-state index in [-0.39, 0.29) is 18.3 Å². The number of aromatic nitrogens is 2. The Balaban J connectivity index is 2.80. The van der Waals surface area contributed by atoms with E-state index in [0.717, 1.165) is 0 Å². The Kier molecular flexibility index (Phi) is 4.51. The van der Waals surface area contributed by atoms with Gasteiger partial charge in [0.25, 0.3) is 0 Å². The van der Waals surface area contributed by atoms with Crippen LogP contribution >= 0.6 is 0 Å². The molecular formula is C16H21FN2O3. The molecule has 2 rings (SSSR count). The first-order valence-electron chi connectivity index (χ1n) is 7.01. The fourth-order valence-electron chi connectivity index (χ4n) is 2.38. The molecule has 5 nitrogen and oxygen atoms in total. The number of carbonyl (C=O) groups excluding carboxylic acids is 1. The summed E-state index contributed by atoms with van der Waals surface area (Å²) in [6.45, 7) is 4.92. The number of fused-ring (bicyclic) bond motifs is 1. The monoisotopic (exact) mass is 308 g/mol. The Morgan fingerprint density at radius 2 is 2.00 bits per heavy atom. The van der Waals surface area contributed by atoms with Crippen molar-refractivity contribution in [3.05, 3.63) is 23.5 Å².